The normalized spacial score (nSPS) is 10.9. The number of aromatic nitrogens is 3. The zero-order valence-corrected chi connectivity index (χ0v) is 16.1. The predicted molar refractivity (Wildman–Crippen MR) is 104 cm³/mol. The quantitative estimate of drug-likeness (QED) is 0.697. The van der Waals surface area contributed by atoms with Crippen LogP contribution in [-0.4, -0.2) is 28.8 Å². The Bertz CT molecular complexity index is 1090. The number of aromatic amines is 1. The third kappa shape index (κ3) is 3.35. The summed E-state index contributed by atoms with van der Waals surface area (Å²) in [5.41, 5.74) is 3.25. The van der Waals surface area contributed by atoms with Crippen molar-refractivity contribution in [1.82, 2.24) is 14.5 Å². The summed E-state index contributed by atoms with van der Waals surface area (Å²) in [7, 11) is 3.22. The summed E-state index contributed by atoms with van der Waals surface area (Å²) in [5.74, 6) is 1.38. The van der Waals surface area contributed by atoms with Gasteiger partial charge >= 0.3 is 0 Å². The first-order valence-electron chi connectivity index (χ1n) is 8.26. The van der Waals surface area contributed by atoms with E-state index in [9.17, 15) is 4.79 Å². The second-order valence-corrected chi connectivity index (χ2v) is 6.52. The van der Waals surface area contributed by atoms with Gasteiger partial charge in [-0.3, -0.25) is 9.78 Å². The summed E-state index contributed by atoms with van der Waals surface area (Å²) in [6.07, 6.45) is 0.713. The fourth-order valence-electron chi connectivity index (χ4n) is 3.10. The van der Waals surface area contributed by atoms with E-state index in [1.54, 1.807) is 14.2 Å². The zero-order chi connectivity index (χ0) is 18.8. The van der Waals surface area contributed by atoms with Crippen molar-refractivity contribution >= 4 is 23.3 Å². The second kappa shape index (κ2) is 7.29. The molecule has 2 heterocycles. The van der Waals surface area contributed by atoms with Gasteiger partial charge in [-0.05, 0) is 61.8 Å². The lowest BCUT2D eigenvalue weighted by molar-refractivity contribution is 0.354. The van der Waals surface area contributed by atoms with E-state index in [0.717, 1.165) is 16.8 Å². The minimum atomic E-state index is -0.197. The van der Waals surface area contributed by atoms with Crippen molar-refractivity contribution in [3.05, 3.63) is 56.2 Å². The van der Waals surface area contributed by atoms with Crippen LogP contribution in [0, 0.1) is 18.6 Å². The first-order valence-corrected chi connectivity index (χ1v) is 8.67. The van der Waals surface area contributed by atoms with Crippen LogP contribution in [0.3, 0.4) is 0 Å². The van der Waals surface area contributed by atoms with E-state index in [4.69, 9.17) is 21.7 Å². The fourth-order valence-corrected chi connectivity index (χ4v) is 3.37. The molecule has 0 bridgehead atoms. The molecule has 0 amide bonds. The molecule has 0 saturated carbocycles. The molecule has 0 atom stereocenters. The van der Waals surface area contributed by atoms with Crippen molar-refractivity contribution in [2.75, 3.05) is 14.2 Å². The van der Waals surface area contributed by atoms with Crippen molar-refractivity contribution < 1.29 is 9.47 Å². The Labute approximate surface area is 156 Å². The lowest BCUT2D eigenvalue weighted by Gasteiger charge is -2.13. The molecule has 0 unspecified atom stereocenters. The first kappa shape index (κ1) is 18.1. The van der Waals surface area contributed by atoms with E-state index in [-0.39, 0.29) is 5.56 Å². The third-order valence-electron chi connectivity index (χ3n) is 4.35. The largest absolute Gasteiger partial charge is 0.493 e. The Balaban J connectivity index is 2.02. The number of nitrogens with zero attached hydrogens (tertiary/aromatic N) is 2. The van der Waals surface area contributed by atoms with Gasteiger partial charge in [-0.2, -0.15) is 0 Å². The molecule has 0 saturated heterocycles. The summed E-state index contributed by atoms with van der Waals surface area (Å²) in [5, 5.41) is 0.580. The van der Waals surface area contributed by atoms with E-state index in [1.807, 2.05) is 42.7 Å². The minimum Gasteiger partial charge on any atom is -0.493 e. The van der Waals surface area contributed by atoms with E-state index >= 15 is 0 Å². The van der Waals surface area contributed by atoms with E-state index in [2.05, 4.69) is 9.97 Å². The van der Waals surface area contributed by atoms with Crippen molar-refractivity contribution in [3.8, 4) is 11.5 Å². The van der Waals surface area contributed by atoms with Crippen LogP contribution in [-0.2, 0) is 13.0 Å². The van der Waals surface area contributed by atoms with Gasteiger partial charge in [-0.25, -0.2) is 4.98 Å². The molecule has 1 aromatic carbocycles. The first-order chi connectivity index (χ1) is 12.4. The number of fused-ring (bicyclic) bond motifs is 1. The van der Waals surface area contributed by atoms with Gasteiger partial charge < -0.3 is 14.0 Å². The number of rotatable bonds is 5. The van der Waals surface area contributed by atoms with Gasteiger partial charge in [0.1, 0.15) is 5.65 Å². The number of nitrogens with one attached hydrogen (secondary N) is 1. The van der Waals surface area contributed by atoms with E-state index in [1.165, 1.54) is 0 Å². The van der Waals surface area contributed by atoms with Gasteiger partial charge in [0.15, 0.2) is 16.3 Å². The summed E-state index contributed by atoms with van der Waals surface area (Å²) in [6.45, 7) is 4.42. The molecule has 0 aliphatic rings. The van der Waals surface area contributed by atoms with E-state index < -0.39 is 0 Å². The maximum absolute atomic E-state index is 12.3. The Morgan fingerprint density at radius 3 is 2.58 bits per heavy atom. The van der Waals surface area contributed by atoms with Crippen molar-refractivity contribution in [1.29, 1.82) is 0 Å². The molecule has 7 heteroatoms. The minimum absolute atomic E-state index is 0.197. The Kier molecular flexibility index (Phi) is 5.08. The molecule has 3 aromatic rings. The highest BCUT2D eigenvalue weighted by molar-refractivity contribution is 7.71. The van der Waals surface area contributed by atoms with Crippen LogP contribution >= 0.6 is 12.2 Å². The molecular formula is C19H21N3O3S. The molecular weight excluding hydrogens is 350 g/mol. The maximum atomic E-state index is 12.3. The number of hydrogen-bond acceptors (Lipinski definition) is 5. The van der Waals surface area contributed by atoms with Crippen LogP contribution in [0.1, 0.15) is 16.8 Å². The molecule has 0 spiro atoms. The maximum Gasteiger partial charge on any atom is 0.261 e. The van der Waals surface area contributed by atoms with Gasteiger partial charge in [0.2, 0.25) is 0 Å². The zero-order valence-electron chi connectivity index (χ0n) is 15.3. The van der Waals surface area contributed by atoms with Crippen LogP contribution in [0.25, 0.3) is 11.0 Å². The smallest absolute Gasteiger partial charge is 0.261 e. The molecule has 136 valence electrons. The van der Waals surface area contributed by atoms with E-state index in [0.29, 0.717) is 40.3 Å². The summed E-state index contributed by atoms with van der Waals surface area (Å²) < 4.78 is 12.9. The highest BCUT2D eigenvalue weighted by Gasteiger charge is 2.11. The van der Waals surface area contributed by atoms with Gasteiger partial charge in [-0.1, -0.05) is 6.07 Å². The monoisotopic (exact) mass is 371 g/mol. The topological polar surface area (TPSA) is 69.1 Å². The van der Waals surface area contributed by atoms with Crippen molar-refractivity contribution in [2.24, 2.45) is 0 Å². The number of benzene rings is 1. The summed E-state index contributed by atoms with van der Waals surface area (Å²) in [6, 6.07) is 7.72. The standard InChI is InChI=1S/C19H21N3O3S/c1-11-9-12(2)20-17-16(11)18(23)21-19(26)22(17)8-7-13-5-6-14(24-3)15(10-13)25-4/h5-6,9-10H,7-8H2,1-4H3,(H,21,23,26). The molecule has 1 N–H and O–H groups in total. The summed E-state index contributed by atoms with van der Waals surface area (Å²) in [4.78, 5) is 19.6. The lowest BCUT2D eigenvalue weighted by atomic mass is 10.1. The molecule has 6 nitrogen and oxygen atoms in total. The molecule has 0 fully saturated rings. The molecule has 26 heavy (non-hydrogen) atoms. The van der Waals surface area contributed by atoms with Crippen LogP contribution < -0.4 is 15.0 Å². The van der Waals surface area contributed by atoms with Crippen LogP contribution in [0.5, 0.6) is 11.5 Å². The summed E-state index contributed by atoms with van der Waals surface area (Å²) >= 11 is 5.38. The van der Waals surface area contributed by atoms with Crippen molar-refractivity contribution in [2.45, 2.75) is 26.8 Å². The van der Waals surface area contributed by atoms with Gasteiger partial charge in [0.25, 0.3) is 5.56 Å². The molecule has 0 aliphatic carbocycles. The fraction of sp³-hybridized carbons (Fsp3) is 0.316. The van der Waals surface area contributed by atoms with Crippen LogP contribution in [0.4, 0.5) is 0 Å². The molecule has 0 aliphatic heterocycles. The highest BCUT2D eigenvalue weighted by Crippen LogP contribution is 2.28. The number of pyridine rings is 1. The van der Waals surface area contributed by atoms with Gasteiger partial charge in [0, 0.05) is 12.2 Å². The molecule has 3 rings (SSSR count). The van der Waals surface area contributed by atoms with Gasteiger partial charge in [0.05, 0.1) is 19.6 Å². The molecule has 0 radical (unpaired) electrons. The number of hydrogen-bond donors (Lipinski definition) is 1. The van der Waals surface area contributed by atoms with Crippen molar-refractivity contribution in [3.63, 3.8) is 0 Å². The third-order valence-corrected chi connectivity index (χ3v) is 4.67. The molecule has 2 aromatic heterocycles. The Hall–Kier alpha value is -2.67. The Morgan fingerprint density at radius 1 is 1.15 bits per heavy atom. The highest BCUT2D eigenvalue weighted by atomic mass is 32.1. The predicted octanol–water partition coefficient (Wildman–Crippen LogP) is 3.33. The lowest BCUT2D eigenvalue weighted by Crippen LogP contribution is -2.18. The average Bonchev–Trinajstić information content (AvgIpc) is 2.60. The van der Waals surface area contributed by atoms with Crippen LogP contribution in [0.15, 0.2) is 29.1 Å². The number of ether oxygens (including phenoxy) is 2. The second-order valence-electron chi connectivity index (χ2n) is 6.13. The van der Waals surface area contributed by atoms with Gasteiger partial charge in [-0.15, -0.1) is 0 Å². The SMILES string of the molecule is COc1ccc(CCn2c(=S)[nH]c(=O)c3c(C)cc(C)nc32)cc1OC. The Morgan fingerprint density at radius 2 is 1.88 bits per heavy atom. The van der Waals surface area contributed by atoms with Crippen LogP contribution in [0.2, 0.25) is 0 Å². The number of methoxy groups -OCH3 is 2. The number of H-pyrrole nitrogens is 1. The average molecular weight is 371 g/mol. The number of aryl methyl sites for hydroxylation is 4.